The van der Waals surface area contributed by atoms with Gasteiger partial charge in [0.05, 0.1) is 36.9 Å². The van der Waals surface area contributed by atoms with E-state index in [2.05, 4.69) is 4.99 Å². The lowest BCUT2D eigenvalue weighted by molar-refractivity contribution is -0.118. The van der Waals surface area contributed by atoms with Crippen molar-refractivity contribution in [2.45, 2.75) is 25.4 Å². The molecule has 2 aliphatic heterocycles. The van der Waals surface area contributed by atoms with Crippen molar-refractivity contribution in [3.8, 4) is 17.2 Å². The van der Waals surface area contributed by atoms with Crippen LogP contribution in [-0.2, 0) is 14.8 Å². The number of aliphatic hydroxyl groups excluding tert-OH is 1. The Hall–Kier alpha value is -3.57. The lowest BCUT2D eigenvalue weighted by Crippen LogP contribution is -2.52. The van der Waals surface area contributed by atoms with Crippen molar-refractivity contribution in [2.24, 2.45) is 10.9 Å². The van der Waals surface area contributed by atoms with Gasteiger partial charge in [-0.2, -0.15) is 0 Å². The van der Waals surface area contributed by atoms with E-state index in [4.69, 9.17) is 25.8 Å². The van der Waals surface area contributed by atoms with Gasteiger partial charge in [0.15, 0.2) is 17.3 Å². The Labute approximate surface area is 224 Å². The fourth-order valence-electron chi connectivity index (χ4n) is 5.11. The van der Waals surface area contributed by atoms with Crippen LogP contribution >= 0.6 is 11.6 Å². The molecule has 3 aliphatic rings. The van der Waals surface area contributed by atoms with E-state index in [0.29, 0.717) is 24.3 Å². The number of rotatable bonds is 5. The number of halogens is 1. The number of ether oxygens (including phenoxy) is 3. The molecule has 38 heavy (non-hydrogen) atoms. The molecule has 2 unspecified atom stereocenters. The number of aliphatic imine (C=N–C) groups is 1. The molecule has 1 saturated heterocycles. The second kappa shape index (κ2) is 9.32. The highest BCUT2D eigenvalue weighted by Crippen LogP contribution is 2.54. The first-order valence-corrected chi connectivity index (χ1v) is 13.8. The van der Waals surface area contributed by atoms with Crippen LogP contribution in [0.1, 0.15) is 30.1 Å². The molecule has 12 heteroatoms. The number of nitrogens with zero attached hydrogens (tertiary/aromatic N) is 2. The van der Waals surface area contributed by atoms with Crippen molar-refractivity contribution < 1.29 is 37.3 Å². The van der Waals surface area contributed by atoms with Crippen LogP contribution in [0.2, 0.25) is 5.02 Å². The number of methoxy groups -OCH3 is 2. The van der Waals surface area contributed by atoms with Gasteiger partial charge in [-0.1, -0.05) is 24.6 Å². The molecule has 1 spiro atoms. The molecule has 2 aromatic carbocycles. The van der Waals surface area contributed by atoms with Gasteiger partial charge in [-0.05, 0) is 24.6 Å². The largest absolute Gasteiger partial charge is 0.507 e. The summed E-state index contributed by atoms with van der Waals surface area (Å²) in [7, 11) is -0.600. The highest BCUT2D eigenvalue weighted by Gasteiger charge is 2.60. The van der Waals surface area contributed by atoms with Gasteiger partial charge < -0.3 is 19.3 Å². The Kier molecular flexibility index (Phi) is 6.39. The zero-order valence-corrected chi connectivity index (χ0v) is 22.4. The second-order valence-corrected chi connectivity index (χ2v) is 11.7. The number of carbonyl (C=O) groups excluding carboxylic acids is 2. The number of carbonyl (C=O) groups is 2. The average Bonchev–Trinajstić information content (AvgIpc) is 3.41. The Morgan fingerprint density at radius 1 is 1.21 bits per heavy atom. The third-order valence-corrected chi connectivity index (χ3v) is 9.30. The molecule has 0 saturated carbocycles. The Morgan fingerprint density at radius 2 is 1.95 bits per heavy atom. The molecule has 1 fully saturated rings. The summed E-state index contributed by atoms with van der Waals surface area (Å²) in [6, 6.07) is 7.98. The topological polar surface area (TPSA) is 132 Å². The van der Waals surface area contributed by atoms with Crippen LogP contribution in [0.4, 0.5) is 11.4 Å². The maximum Gasteiger partial charge on any atom is 0.235 e. The molecule has 2 atom stereocenters. The first kappa shape index (κ1) is 26.1. The summed E-state index contributed by atoms with van der Waals surface area (Å²) in [5, 5.41) is 11.4. The number of hydrogen-bond donors (Lipinski definition) is 1. The van der Waals surface area contributed by atoms with Gasteiger partial charge in [0, 0.05) is 31.2 Å². The van der Waals surface area contributed by atoms with Crippen molar-refractivity contribution in [2.75, 3.05) is 30.8 Å². The highest BCUT2D eigenvalue weighted by atomic mass is 35.5. The van der Waals surface area contributed by atoms with Gasteiger partial charge >= 0.3 is 0 Å². The number of ketones is 2. The van der Waals surface area contributed by atoms with E-state index in [-0.39, 0.29) is 45.6 Å². The maximum atomic E-state index is 13.8. The molecular weight excluding hydrogens is 536 g/mol. The van der Waals surface area contributed by atoms with Crippen LogP contribution in [0.25, 0.3) is 0 Å². The third kappa shape index (κ3) is 3.83. The molecular formula is C26H25ClN2O8S. The minimum absolute atomic E-state index is 0.00331. The third-order valence-electron chi connectivity index (χ3n) is 7.07. The van der Waals surface area contributed by atoms with E-state index in [1.807, 2.05) is 0 Å². The fraction of sp³-hybridized carbons (Fsp3) is 0.346. The lowest BCUT2D eigenvalue weighted by atomic mass is 9.73. The van der Waals surface area contributed by atoms with Crippen molar-refractivity contribution in [1.29, 1.82) is 0 Å². The van der Waals surface area contributed by atoms with E-state index in [0.717, 1.165) is 0 Å². The molecule has 0 bridgehead atoms. The SMILES string of the molecule is COc1cc(OC)c2c(c1Cl)OC1(C2=O)C(O)=C(C=Nc2cccc(N3CCCS3(=O)=O)c2)C(=O)CC1C. The molecule has 2 aromatic rings. The molecule has 2 heterocycles. The quantitative estimate of drug-likeness (QED) is 0.542. The predicted octanol–water partition coefficient (Wildman–Crippen LogP) is 4.03. The average molecular weight is 561 g/mol. The monoisotopic (exact) mass is 560 g/mol. The number of allylic oxidation sites excluding steroid dienone is 1. The molecule has 5 rings (SSSR count). The molecule has 1 aliphatic carbocycles. The standard InChI is InChI=1S/C26H25ClN2O8S/c1-14-10-18(30)17(13-28-15-6-4-7-16(11-15)29-8-5-9-38(29,33)34)24(31)26(14)25(32)21-19(35-2)12-20(36-3)22(27)23(21)37-26/h4,6-7,11-14,31H,5,8-10H2,1-3H3. The summed E-state index contributed by atoms with van der Waals surface area (Å²) in [6.45, 7) is 2.00. The molecule has 0 radical (unpaired) electrons. The van der Waals surface area contributed by atoms with Crippen molar-refractivity contribution >= 4 is 50.8 Å². The highest BCUT2D eigenvalue weighted by molar-refractivity contribution is 7.93. The molecule has 200 valence electrons. The minimum Gasteiger partial charge on any atom is -0.507 e. The summed E-state index contributed by atoms with van der Waals surface area (Å²) in [4.78, 5) is 31.1. The summed E-state index contributed by atoms with van der Waals surface area (Å²) >= 11 is 6.45. The van der Waals surface area contributed by atoms with Crippen LogP contribution in [0, 0.1) is 5.92 Å². The summed E-state index contributed by atoms with van der Waals surface area (Å²) in [5.41, 5.74) is -1.24. The van der Waals surface area contributed by atoms with Crippen LogP contribution in [-0.4, -0.2) is 63.4 Å². The van der Waals surface area contributed by atoms with E-state index in [9.17, 15) is 23.1 Å². The van der Waals surface area contributed by atoms with E-state index >= 15 is 0 Å². The number of benzene rings is 2. The Bertz CT molecular complexity index is 1530. The zero-order chi connectivity index (χ0) is 27.4. The van der Waals surface area contributed by atoms with Gasteiger partial charge in [-0.15, -0.1) is 0 Å². The normalized spacial score (nSPS) is 24.3. The number of fused-ring (bicyclic) bond motifs is 1. The van der Waals surface area contributed by atoms with Gasteiger partial charge in [-0.25, -0.2) is 8.42 Å². The summed E-state index contributed by atoms with van der Waals surface area (Å²) < 4.78 is 42.7. The molecule has 10 nitrogen and oxygen atoms in total. The van der Waals surface area contributed by atoms with Gasteiger partial charge in [-0.3, -0.25) is 18.9 Å². The van der Waals surface area contributed by atoms with Crippen LogP contribution < -0.4 is 18.5 Å². The second-order valence-electron chi connectivity index (χ2n) is 9.28. The van der Waals surface area contributed by atoms with Gasteiger partial charge in [0.1, 0.15) is 22.1 Å². The van der Waals surface area contributed by atoms with Crippen LogP contribution in [0.3, 0.4) is 0 Å². The van der Waals surface area contributed by atoms with Crippen molar-refractivity contribution in [1.82, 2.24) is 0 Å². The van der Waals surface area contributed by atoms with Crippen molar-refractivity contribution in [3.05, 3.63) is 52.3 Å². The first-order chi connectivity index (χ1) is 18.0. The number of Topliss-reactive ketones (excluding diaryl/α,β-unsaturated/α-hetero) is 2. The smallest absolute Gasteiger partial charge is 0.235 e. The van der Waals surface area contributed by atoms with E-state index < -0.39 is 38.9 Å². The Balaban J connectivity index is 1.56. The van der Waals surface area contributed by atoms with Crippen LogP contribution in [0.5, 0.6) is 17.2 Å². The zero-order valence-electron chi connectivity index (χ0n) is 20.9. The van der Waals surface area contributed by atoms with Gasteiger partial charge in [0.25, 0.3) is 0 Å². The first-order valence-electron chi connectivity index (χ1n) is 11.8. The number of aliphatic hydroxyl groups is 1. The Morgan fingerprint density at radius 3 is 2.61 bits per heavy atom. The molecule has 0 amide bonds. The molecule has 1 N–H and O–H groups in total. The number of sulfonamides is 1. The summed E-state index contributed by atoms with van der Waals surface area (Å²) in [5.74, 6) is -1.89. The lowest BCUT2D eigenvalue weighted by Gasteiger charge is -2.36. The number of hydrogen-bond acceptors (Lipinski definition) is 9. The van der Waals surface area contributed by atoms with E-state index in [1.165, 1.54) is 30.8 Å². The van der Waals surface area contributed by atoms with Crippen molar-refractivity contribution in [3.63, 3.8) is 0 Å². The predicted molar refractivity (Wildman–Crippen MR) is 141 cm³/mol. The van der Waals surface area contributed by atoms with Gasteiger partial charge in [0.2, 0.25) is 21.4 Å². The number of anilines is 1. The van der Waals surface area contributed by atoms with E-state index in [1.54, 1.807) is 31.2 Å². The molecule has 0 aromatic heterocycles. The fourth-order valence-corrected chi connectivity index (χ4v) is 6.93. The maximum absolute atomic E-state index is 13.8. The van der Waals surface area contributed by atoms with Crippen LogP contribution in [0.15, 0.2) is 46.7 Å². The summed E-state index contributed by atoms with van der Waals surface area (Å²) in [6.07, 6.45) is 1.60. The minimum atomic E-state index is -3.38.